The number of benzene rings is 2. The van der Waals surface area contributed by atoms with Crippen LogP contribution in [-0.2, 0) is 0 Å². The minimum absolute atomic E-state index is 0.732. The molecule has 0 radical (unpaired) electrons. The summed E-state index contributed by atoms with van der Waals surface area (Å²) < 4.78 is 0.946. The summed E-state index contributed by atoms with van der Waals surface area (Å²) in [7, 11) is 0. The molecule has 0 amide bonds. The topological polar surface area (TPSA) is 25.2 Å². The molecule has 0 aliphatic carbocycles. The van der Waals surface area contributed by atoms with Crippen molar-refractivity contribution in [1.82, 2.24) is 4.98 Å². The van der Waals surface area contributed by atoms with E-state index in [1.807, 2.05) is 37.4 Å². The Kier molecular flexibility index (Phi) is 4.71. The summed E-state index contributed by atoms with van der Waals surface area (Å²) in [6.07, 6.45) is 1.85. The van der Waals surface area contributed by atoms with Crippen molar-refractivity contribution in [3.63, 3.8) is 0 Å². The zero-order chi connectivity index (χ0) is 17.8. The molecule has 4 rings (SSSR count). The van der Waals surface area contributed by atoms with Gasteiger partial charge in [0.15, 0.2) is 5.82 Å². The van der Waals surface area contributed by atoms with Gasteiger partial charge in [0, 0.05) is 11.1 Å². The van der Waals surface area contributed by atoms with Gasteiger partial charge in [-0.3, -0.25) is 0 Å². The van der Waals surface area contributed by atoms with E-state index in [0.717, 1.165) is 21.6 Å². The van der Waals surface area contributed by atoms with Crippen LogP contribution in [0.15, 0.2) is 96.1 Å². The molecule has 2 nitrogen and oxygen atoms in total. The molecule has 2 heterocycles. The summed E-state index contributed by atoms with van der Waals surface area (Å²) in [4.78, 5) is 10.4. The van der Waals surface area contributed by atoms with Crippen LogP contribution < -0.4 is 4.67 Å². The van der Waals surface area contributed by atoms with Crippen molar-refractivity contribution in [2.75, 3.05) is 0 Å². The fraction of sp³-hybridized carbons (Fsp3) is 0.0435. The molecule has 0 saturated carbocycles. The highest BCUT2D eigenvalue weighted by Gasteiger charge is 2.04. The van der Waals surface area contributed by atoms with Gasteiger partial charge in [0.2, 0.25) is 0 Å². The fourth-order valence-corrected chi connectivity index (χ4v) is 3.71. The van der Waals surface area contributed by atoms with Crippen LogP contribution in [0.3, 0.4) is 0 Å². The Balaban J connectivity index is 1.89. The zero-order valence-electron chi connectivity index (χ0n) is 14.5. The summed E-state index contributed by atoms with van der Waals surface area (Å²) in [5, 5.41) is 0. The van der Waals surface area contributed by atoms with Gasteiger partial charge in [-0.1, -0.05) is 66.7 Å². The minimum atomic E-state index is 0.732. The van der Waals surface area contributed by atoms with Crippen molar-refractivity contribution in [1.29, 1.82) is 0 Å². The van der Waals surface area contributed by atoms with E-state index in [2.05, 4.69) is 65.6 Å². The molecule has 0 fully saturated rings. The quantitative estimate of drug-likeness (QED) is 0.442. The molecule has 4 aromatic rings. The molecule has 2 aromatic carbocycles. The predicted octanol–water partition coefficient (Wildman–Crippen LogP) is 6.02. The van der Waals surface area contributed by atoms with Gasteiger partial charge in [-0.15, -0.1) is 11.3 Å². The third kappa shape index (κ3) is 3.79. The number of aryl methyl sites for hydroxylation is 1. The van der Waals surface area contributed by atoms with Crippen LogP contribution in [0, 0.1) is 6.92 Å². The van der Waals surface area contributed by atoms with Crippen LogP contribution in [0.25, 0.3) is 21.6 Å². The van der Waals surface area contributed by atoms with Crippen molar-refractivity contribution >= 4 is 17.2 Å². The summed E-state index contributed by atoms with van der Waals surface area (Å²) in [6, 6.07) is 29.2. The lowest BCUT2D eigenvalue weighted by atomic mass is 10.1. The molecule has 2 aromatic heterocycles. The minimum Gasteiger partial charge on any atom is -0.237 e. The molecule has 0 spiro atoms. The molecule has 0 N–H and O–H groups in total. The number of hydrogen-bond acceptors (Lipinski definition) is 3. The lowest BCUT2D eigenvalue weighted by molar-refractivity contribution is 1.21. The lowest BCUT2D eigenvalue weighted by Gasteiger charge is -2.06. The summed E-state index contributed by atoms with van der Waals surface area (Å²) >= 11 is 1.68. The highest BCUT2D eigenvalue weighted by molar-refractivity contribution is 7.12. The van der Waals surface area contributed by atoms with Crippen molar-refractivity contribution in [2.45, 2.75) is 6.92 Å². The molecule has 26 heavy (non-hydrogen) atoms. The second kappa shape index (κ2) is 7.46. The SMILES string of the molecule is Cc1ccc(N=c2cc(-c3ccccc3)cc(-c3ccccc3)s2)nc1. The Morgan fingerprint density at radius 1 is 0.731 bits per heavy atom. The number of rotatable bonds is 3. The lowest BCUT2D eigenvalue weighted by Crippen LogP contribution is -1.98. The van der Waals surface area contributed by atoms with Crippen LogP contribution in [0.5, 0.6) is 0 Å². The van der Waals surface area contributed by atoms with Gasteiger partial charge in [-0.25, -0.2) is 9.98 Å². The molecule has 0 unspecified atom stereocenters. The van der Waals surface area contributed by atoms with Crippen LogP contribution in [0.1, 0.15) is 5.56 Å². The first-order chi connectivity index (χ1) is 12.8. The van der Waals surface area contributed by atoms with E-state index in [4.69, 9.17) is 4.99 Å². The Morgan fingerprint density at radius 3 is 2.08 bits per heavy atom. The number of nitrogens with zero attached hydrogens (tertiary/aromatic N) is 2. The van der Waals surface area contributed by atoms with Crippen LogP contribution in [-0.4, -0.2) is 4.98 Å². The largest absolute Gasteiger partial charge is 0.237 e. The molecule has 126 valence electrons. The molecular formula is C23H18N2S. The molecule has 0 atom stereocenters. The van der Waals surface area contributed by atoms with E-state index >= 15 is 0 Å². The van der Waals surface area contributed by atoms with E-state index in [1.54, 1.807) is 11.3 Å². The maximum Gasteiger partial charge on any atom is 0.153 e. The van der Waals surface area contributed by atoms with Gasteiger partial charge in [0.1, 0.15) is 4.67 Å². The van der Waals surface area contributed by atoms with Gasteiger partial charge in [-0.2, -0.15) is 0 Å². The number of pyridine rings is 1. The van der Waals surface area contributed by atoms with Gasteiger partial charge in [0.25, 0.3) is 0 Å². The van der Waals surface area contributed by atoms with Crippen LogP contribution >= 0.6 is 11.3 Å². The van der Waals surface area contributed by atoms with E-state index < -0.39 is 0 Å². The third-order valence-corrected chi connectivity index (χ3v) is 5.06. The molecule has 0 bridgehead atoms. The van der Waals surface area contributed by atoms with Gasteiger partial charge in [0.05, 0.1) is 0 Å². The molecule has 0 aliphatic heterocycles. The first-order valence-corrected chi connectivity index (χ1v) is 9.33. The predicted molar refractivity (Wildman–Crippen MR) is 109 cm³/mol. The van der Waals surface area contributed by atoms with Crippen molar-refractivity contribution in [3.05, 3.63) is 101 Å². The van der Waals surface area contributed by atoms with Gasteiger partial charge >= 0.3 is 0 Å². The first-order valence-electron chi connectivity index (χ1n) is 8.51. The molecule has 0 saturated heterocycles. The first kappa shape index (κ1) is 16.4. The highest BCUT2D eigenvalue weighted by atomic mass is 32.1. The molecule has 3 heteroatoms. The summed E-state index contributed by atoms with van der Waals surface area (Å²) in [5.41, 5.74) is 4.68. The Hall–Kier alpha value is -3.04. The monoisotopic (exact) mass is 354 g/mol. The number of hydrogen-bond donors (Lipinski definition) is 0. The fourth-order valence-electron chi connectivity index (χ4n) is 2.72. The normalized spacial score (nSPS) is 11.5. The van der Waals surface area contributed by atoms with Gasteiger partial charge in [-0.05, 0) is 47.4 Å². The van der Waals surface area contributed by atoms with Gasteiger partial charge < -0.3 is 0 Å². The van der Waals surface area contributed by atoms with Crippen molar-refractivity contribution in [2.24, 2.45) is 4.99 Å². The number of aromatic nitrogens is 1. The maximum atomic E-state index is 4.76. The van der Waals surface area contributed by atoms with Crippen LogP contribution in [0.4, 0.5) is 5.82 Å². The van der Waals surface area contributed by atoms with Crippen molar-refractivity contribution < 1.29 is 0 Å². The second-order valence-electron chi connectivity index (χ2n) is 6.09. The standard InChI is InChI=1S/C23H18N2S/c1-17-12-13-22(24-16-17)25-23-15-20(18-8-4-2-5-9-18)14-21(26-23)19-10-6-3-7-11-19/h2-16H,1H3. The van der Waals surface area contributed by atoms with E-state index in [1.165, 1.54) is 16.0 Å². The average molecular weight is 354 g/mol. The second-order valence-corrected chi connectivity index (χ2v) is 7.15. The smallest absolute Gasteiger partial charge is 0.153 e. The van der Waals surface area contributed by atoms with E-state index in [0.29, 0.717) is 0 Å². The Labute approximate surface area is 157 Å². The molecular weight excluding hydrogens is 336 g/mol. The maximum absolute atomic E-state index is 4.76. The van der Waals surface area contributed by atoms with Crippen LogP contribution in [0.2, 0.25) is 0 Å². The van der Waals surface area contributed by atoms with E-state index in [-0.39, 0.29) is 0 Å². The van der Waals surface area contributed by atoms with Crippen molar-refractivity contribution in [3.8, 4) is 21.6 Å². The molecule has 0 aliphatic rings. The third-order valence-electron chi connectivity index (χ3n) is 4.07. The summed E-state index contributed by atoms with van der Waals surface area (Å²) in [5.74, 6) is 0.732. The zero-order valence-corrected chi connectivity index (χ0v) is 15.3. The Bertz CT molecular complexity index is 1010. The Morgan fingerprint density at radius 2 is 1.42 bits per heavy atom. The van der Waals surface area contributed by atoms with E-state index in [9.17, 15) is 0 Å². The summed E-state index contributed by atoms with van der Waals surface area (Å²) in [6.45, 7) is 2.03. The average Bonchev–Trinajstić information content (AvgIpc) is 2.71. The highest BCUT2D eigenvalue weighted by Crippen LogP contribution is 2.27.